The Bertz CT molecular complexity index is 1080. The number of hydrogen-bond donors (Lipinski definition) is 3. The van der Waals surface area contributed by atoms with Crippen molar-refractivity contribution in [1.82, 2.24) is 0 Å². The van der Waals surface area contributed by atoms with Crippen molar-refractivity contribution in [2.75, 3.05) is 26.4 Å². The van der Waals surface area contributed by atoms with Crippen molar-refractivity contribution >= 4 is 19.8 Å². The van der Waals surface area contributed by atoms with E-state index in [4.69, 9.17) is 29.4 Å². The average molecular weight is 812 g/mol. The number of hydrogen-bond acceptors (Lipinski definition) is 8. The molecule has 0 amide bonds. The van der Waals surface area contributed by atoms with Gasteiger partial charge >= 0.3 is 19.8 Å². The lowest BCUT2D eigenvalue weighted by Gasteiger charge is -2.20. The van der Waals surface area contributed by atoms with Crippen LogP contribution in [0, 0.1) is 0 Å². The van der Waals surface area contributed by atoms with E-state index in [9.17, 15) is 19.0 Å². The van der Waals surface area contributed by atoms with E-state index in [0.29, 0.717) is 13.0 Å². The molecule has 4 N–H and O–H groups in total. The number of ether oxygens (including phenoxy) is 2. The van der Waals surface area contributed by atoms with Gasteiger partial charge in [-0.3, -0.25) is 18.6 Å². The molecule has 0 aliphatic carbocycles. The van der Waals surface area contributed by atoms with Crippen molar-refractivity contribution in [2.24, 2.45) is 5.73 Å². The van der Waals surface area contributed by atoms with Crippen LogP contribution in [0.15, 0.2) is 48.6 Å². The molecule has 0 saturated carbocycles. The Hall–Kier alpha value is -2.07. The largest absolute Gasteiger partial charge is 0.480 e. The molecule has 0 radical (unpaired) electrons. The molecule has 56 heavy (non-hydrogen) atoms. The smallest absolute Gasteiger partial charge is 0.472 e. The topological polar surface area (TPSA) is 155 Å². The Labute approximate surface area is 341 Å². The molecule has 10 nitrogen and oxygen atoms in total. The van der Waals surface area contributed by atoms with Crippen LogP contribution >= 0.6 is 7.82 Å². The molecule has 0 bridgehead atoms. The third-order valence-electron chi connectivity index (χ3n) is 9.31. The number of allylic oxidation sites excluding steroid dienone is 8. The minimum absolute atomic E-state index is 0.00846. The van der Waals surface area contributed by atoms with E-state index in [1.165, 1.54) is 89.9 Å². The fourth-order valence-corrected chi connectivity index (χ4v) is 6.63. The summed E-state index contributed by atoms with van der Waals surface area (Å²) in [5.41, 5.74) is 5.35. The molecule has 0 rings (SSSR count). The summed E-state index contributed by atoms with van der Waals surface area (Å²) < 4.78 is 33.3. The van der Waals surface area contributed by atoms with E-state index >= 15 is 0 Å². The van der Waals surface area contributed by atoms with Gasteiger partial charge in [0.2, 0.25) is 0 Å². The van der Waals surface area contributed by atoms with Crippen LogP contribution in [-0.2, 0) is 32.7 Å². The molecule has 3 atom stereocenters. The first kappa shape index (κ1) is 53.9. The third kappa shape index (κ3) is 40.1. The summed E-state index contributed by atoms with van der Waals surface area (Å²) in [5, 5.41) is 8.89. The van der Waals surface area contributed by atoms with Crippen LogP contribution < -0.4 is 5.73 Å². The number of phosphoric acid groups is 1. The average Bonchev–Trinajstić information content (AvgIpc) is 3.18. The van der Waals surface area contributed by atoms with E-state index in [1.807, 2.05) is 0 Å². The minimum atomic E-state index is -4.62. The number of carboxylic acid groups (broad SMARTS) is 1. The van der Waals surface area contributed by atoms with Gasteiger partial charge in [0.25, 0.3) is 0 Å². The van der Waals surface area contributed by atoms with Crippen LogP contribution in [0.2, 0.25) is 0 Å². The molecular formula is C45H82NO9P. The molecule has 0 heterocycles. The van der Waals surface area contributed by atoms with E-state index in [-0.39, 0.29) is 13.0 Å². The summed E-state index contributed by atoms with van der Waals surface area (Å²) >= 11 is 0. The first-order valence-electron chi connectivity index (χ1n) is 22.2. The van der Waals surface area contributed by atoms with Crippen LogP contribution in [0.25, 0.3) is 0 Å². The monoisotopic (exact) mass is 812 g/mol. The lowest BCUT2D eigenvalue weighted by atomic mass is 10.1. The van der Waals surface area contributed by atoms with Crippen molar-refractivity contribution in [2.45, 2.75) is 199 Å². The molecule has 0 aromatic carbocycles. The second-order valence-electron chi connectivity index (χ2n) is 14.8. The predicted molar refractivity (Wildman–Crippen MR) is 231 cm³/mol. The number of nitrogens with two attached hydrogens (primary N) is 1. The van der Waals surface area contributed by atoms with Gasteiger partial charge in [-0.2, -0.15) is 0 Å². The fraction of sp³-hybridized carbons (Fsp3) is 0.778. The zero-order chi connectivity index (χ0) is 41.2. The summed E-state index contributed by atoms with van der Waals surface area (Å²) in [6.45, 7) is 3.79. The fourth-order valence-electron chi connectivity index (χ4n) is 5.85. The van der Waals surface area contributed by atoms with Gasteiger partial charge in [-0.15, -0.1) is 0 Å². The van der Waals surface area contributed by atoms with Crippen molar-refractivity contribution in [1.29, 1.82) is 0 Å². The molecule has 0 aromatic heterocycles. The first-order chi connectivity index (χ1) is 27.2. The van der Waals surface area contributed by atoms with E-state index < -0.39 is 45.1 Å². The second-order valence-corrected chi connectivity index (χ2v) is 16.3. The normalized spacial score (nSPS) is 14.4. The van der Waals surface area contributed by atoms with Crippen LogP contribution in [0.1, 0.15) is 187 Å². The Morgan fingerprint density at radius 1 is 0.571 bits per heavy atom. The van der Waals surface area contributed by atoms with Gasteiger partial charge in [-0.1, -0.05) is 159 Å². The number of esters is 1. The van der Waals surface area contributed by atoms with Gasteiger partial charge in [-0.25, -0.2) is 4.57 Å². The highest BCUT2D eigenvalue weighted by atomic mass is 31.2. The summed E-state index contributed by atoms with van der Waals surface area (Å²) in [5.74, 6) is -1.79. The lowest BCUT2D eigenvalue weighted by Crippen LogP contribution is -2.34. The Morgan fingerprint density at radius 3 is 1.55 bits per heavy atom. The molecule has 0 aliphatic heterocycles. The summed E-state index contributed by atoms with van der Waals surface area (Å²) in [6, 6.07) is -1.48. The Balaban J connectivity index is 4.18. The minimum Gasteiger partial charge on any atom is -0.480 e. The highest BCUT2D eigenvalue weighted by Crippen LogP contribution is 2.43. The maximum Gasteiger partial charge on any atom is 0.472 e. The lowest BCUT2D eigenvalue weighted by molar-refractivity contribution is -0.154. The standard InChI is InChI=1S/C45H82NO9P/c1-3-5-7-9-11-13-15-16-17-18-19-20-21-22-23-24-25-26-27-29-31-33-35-37-44(47)55-42(40-53-56(50,51)54-41-43(46)45(48)49)39-52-38-36-34-32-30-28-14-12-10-8-6-4-2/h8,10,15-16,18-19,21-22,42-43H,3-7,9,11-14,17,20,23-41,46H2,1-2H3,(H,48,49)(H,50,51)/b10-8-,16-15-,19-18-,22-21-. The highest BCUT2D eigenvalue weighted by Gasteiger charge is 2.27. The van der Waals surface area contributed by atoms with E-state index in [0.717, 1.165) is 70.6 Å². The molecule has 0 saturated heterocycles. The molecule has 3 unspecified atom stereocenters. The zero-order valence-electron chi connectivity index (χ0n) is 35.5. The van der Waals surface area contributed by atoms with Crippen molar-refractivity contribution in [3.05, 3.63) is 48.6 Å². The number of unbranched alkanes of at least 4 members (excludes halogenated alkanes) is 20. The van der Waals surface area contributed by atoms with E-state index in [1.54, 1.807) is 0 Å². The van der Waals surface area contributed by atoms with Gasteiger partial charge < -0.3 is 25.2 Å². The molecule has 0 spiro atoms. The number of aliphatic carboxylic acids is 1. The number of carbonyl (C=O) groups is 2. The quantitative estimate of drug-likeness (QED) is 0.0235. The Morgan fingerprint density at radius 2 is 1.02 bits per heavy atom. The highest BCUT2D eigenvalue weighted by molar-refractivity contribution is 7.47. The van der Waals surface area contributed by atoms with Crippen molar-refractivity contribution in [3.63, 3.8) is 0 Å². The van der Waals surface area contributed by atoms with Gasteiger partial charge in [0, 0.05) is 13.0 Å². The van der Waals surface area contributed by atoms with Crippen molar-refractivity contribution in [3.8, 4) is 0 Å². The number of rotatable bonds is 42. The van der Waals surface area contributed by atoms with Gasteiger partial charge in [0.05, 0.1) is 19.8 Å². The van der Waals surface area contributed by atoms with Gasteiger partial charge in [0.15, 0.2) is 0 Å². The van der Waals surface area contributed by atoms with Crippen molar-refractivity contribution < 1.29 is 42.7 Å². The van der Waals surface area contributed by atoms with Crippen LogP contribution in [0.4, 0.5) is 0 Å². The molecular weight excluding hydrogens is 729 g/mol. The first-order valence-corrected chi connectivity index (χ1v) is 23.7. The number of carbonyl (C=O) groups excluding carboxylic acids is 1. The summed E-state index contributed by atoms with van der Waals surface area (Å²) in [4.78, 5) is 33.5. The maximum atomic E-state index is 12.6. The second kappa shape index (κ2) is 41.1. The molecule has 0 fully saturated rings. The predicted octanol–water partition coefficient (Wildman–Crippen LogP) is 12.3. The SMILES string of the molecule is CCC/C=C\CCCCCCCCOCC(COP(=O)(O)OCC(N)C(=O)O)OC(=O)CCCCCCCCCC/C=C\C/C=C\C/C=C\CCCCCCC. The van der Waals surface area contributed by atoms with Gasteiger partial charge in [0.1, 0.15) is 12.1 Å². The molecule has 0 aromatic rings. The van der Waals surface area contributed by atoms with E-state index in [2.05, 4.69) is 62.5 Å². The number of phosphoric ester groups is 1. The molecule has 0 aliphatic rings. The summed E-state index contributed by atoms with van der Waals surface area (Å²) in [6.07, 6.45) is 47.4. The molecule has 11 heteroatoms. The van der Waals surface area contributed by atoms with Crippen LogP contribution in [-0.4, -0.2) is 60.5 Å². The van der Waals surface area contributed by atoms with Crippen LogP contribution in [0.3, 0.4) is 0 Å². The Kier molecular flexibility index (Phi) is 39.6. The summed E-state index contributed by atoms with van der Waals surface area (Å²) in [7, 11) is -4.62. The number of carboxylic acids is 1. The van der Waals surface area contributed by atoms with Crippen LogP contribution in [0.5, 0.6) is 0 Å². The zero-order valence-corrected chi connectivity index (χ0v) is 36.4. The third-order valence-corrected chi connectivity index (χ3v) is 10.3. The molecule has 326 valence electrons. The van der Waals surface area contributed by atoms with Gasteiger partial charge in [-0.05, 0) is 70.6 Å². The maximum absolute atomic E-state index is 12.6.